The molecule has 0 unspecified atom stereocenters. The lowest BCUT2D eigenvalue weighted by Crippen LogP contribution is -2.25. The van der Waals surface area contributed by atoms with E-state index in [0.717, 1.165) is 5.69 Å². The van der Waals surface area contributed by atoms with Gasteiger partial charge in [-0.2, -0.15) is 0 Å². The number of hydrogen-bond donors (Lipinski definition) is 3. The Morgan fingerprint density at radius 2 is 1.60 bits per heavy atom. The summed E-state index contributed by atoms with van der Waals surface area (Å²) in [7, 11) is 0. The molecule has 3 N–H and O–H groups in total. The fourth-order valence-electron chi connectivity index (χ4n) is 1.82. The topological polar surface area (TPSA) is 86.5 Å². The highest BCUT2D eigenvalue weighted by molar-refractivity contribution is 5.07. The van der Waals surface area contributed by atoms with E-state index in [2.05, 4.69) is 9.97 Å². The van der Waals surface area contributed by atoms with E-state index in [1.807, 2.05) is 27.7 Å². The molecule has 0 aromatic carbocycles. The molecule has 0 aliphatic heterocycles. The van der Waals surface area contributed by atoms with Gasteiger partial charge in [-0.15, -0.1) is 0 Å². The van der Waals surface area contributed by atoms with Crippen molar-refractivity contribution in [2.45, 2.75) is 58.8 Å². The summed E-state index contributed by atoms with van der Waals surface area (Å²) in [4.78, 5) is 8.38. The van der Waals surface area contributed by atoms with Crippen molar-refractivity contribution in [2.75, 3.05) is 0 Å². The molecule has 0 aliphatic rings. The van der Waals surface area contributed by atoms with Gasteiger partial charge in [-0.25, -0.2) is 0 Å². The fourth-order valence-corrected chi connectivity index (χ4v) is 1.82. The molecule has 114 valence electrons. The molecule has 5 nitrogen and oxygen atoms in total. The van der Waals surface area contributed by atoms with Gasteiger partial charge >= 0.3 is 0 Å². The van der Waals surface area contributed by atoms with Crippen LogP contribution in [0.4, 0.5) is 0 Å². The molecule has 0 bridgehead atoms. The summed E-state index contributed by atoms with van der Waals surface area (Å²) in [6.45, 7) is 7.62. The maximum absolute atomic E-state index is 9.95. The second-order valence-electron chi connectivity index (χ2n) is 5.96. The van der Waals surface area contributed by atoms with E-state index in [1.54, 1.807) is 6.20 Å². The van der Waals surface area contributed by atoms with Crippen molar-refractivity contribution >= 4 is 0 Å². The third-order valence-electron chi connectivity index (χ3n) is 3.50. The first-order valence-electron chi connectivity index (χ1n) is 7.18. The summed E-state index contributed by atoms with van der Waals surface area (Å²) in [6, 6.07) is 0. The minimum Gasteiger partial charge on any atom is -0.393 e. The van der Waals surface area contributed by atoms with Crippen molar-refractivity contribution in [3.8, 4) is 0 Å². The van der Waals surface area contributed by atoms with Gasteiger partial charge < -0.3 is 15.3 Å². The predicted molar refractivity (Wildman–Crippen MR) is 77.0 cm³/mol. The number of aromatic nitrogens is 2. The van der Waals surface area contributed by atoms with Gasteiger partial charge in [0.1, 0.15) is 6.10 Å². The number of rotatable bonds is 7. The van der Waals surface area contributed by atoms with Crippen molar-refractivity contribution in [3.05, 3.63) is 23.8 Å². The van der Waals surface area contributed by atoms with E-state index in [-0.39, 0.29) is 17.9 Å². The molecule has 0 saturated heterocycles. The third kappa shape index (κ3) is 4.81. The van der Waals surface area contributed by atoms with Crippen LogP contribution in [0, 0.1) is 11.8 Å². The van der Waals surface area contributed by atoms with Crippen LogP contribution in [0.3, 0.4) is 0 Å². The molecule has 3 atom stereocenters. The third-order valence-corrected chi connectivity index (χ3v) is 3.50. The number of aliphatic hydroxyl groups is 3. The van der Waals surface area contributed by atoms with E-state index in [0.29, 0.717) is 18.5 Å². The van der Waals surface area contributed by atoms with Crippen LogP contribution in [0.5, 0.6) is 0 Å². The Bertz CT molecular complexity index is 393. The van der Waals surface area contributed by atoms with E-state index < -0.39 is 12.2 Å². The Labute approximate surface area is 120 Å². The molecule has 0 aliphatic carbocycles. The van der Waals surface area contributed by atoms with Gasteiger partial charge in [0.05, 0.1) is 29.8 Å². The van der Waals surface area contributed by atoms with Gasteiger partial charge in [-0.1, -0.05) is 27.7 Å². The molecule has 0 fully saturated rings. The molecule has 1 aromatic rings. The van der Waals surface area contributed by atoms with Crippen molar-refractivity contribution < 1.29 is 15.3 Å². The smallest absolute Gasteiger partial charge is 0.124 e. The molecule has 0 radical (unpaired) electrons. The summed E-state index contributed by atoms with van der Waals surface area (Å²) in [5, 5.41) is 29.5. The van der Waals surface area contributed by atoms with Crippen LogP contribution in [0.1, 0.15) is 51.6 Å². The van der Waals surface area contributed by atoms with E-state index >= 15 is 0 Å². The lowest BCUT2D eigenvalue weighted by molar-refractivity contribution is -0.0119. The molecule has 0 spiro atoms. The number of nitrogens with zero attached hydrogens (tertiary/aromatic N) is 2. The minimum absolute atomic E-state index is 0.0485. The van der Waals surface area contributed by atoms with Crippen LogP contribution in [0.25, 0.3) is 0 Å². The Balaban J connectivity index is 2.60. The maximum atomic E-state index is 9.95. The molecule has 1 aromatic heterocycles. The molecule has 5 heteroatoms. The van der Waals surface area contributed by atoms with Gasteiger partial charge in [0.15, 0.2) is 0 Å². The normalized spacial score (nSPS) is 16.4. The van der Waals surface area contributed by atoms with E-state index in [1.165, 1.54) is 6.20 Å². The largest absolute Gasteiger partial charge is 0.393 e. The van der Waals surface area contributed by atoms with Crippen LogP contribution in [-0.2, 0) is 6.42 Å². The van der Waals surface area contributed by atoms with Crippen LogP contribution in [-0.4, -0.2) is 37.5 Å². The van der Waals surface area contributed by atoms with Crippen LogP contribution in [0.2, 0.25) is 0 Å². The molecule has 20 heavy (non-hydrogen) atoms. The summed E-state index contributed by atoms with van der Waals surface area (Å²) in [5.41, 5.74) is 1.15. The van der Waals surface area contributed by atoms with Crippen molar-refractivity contribution in [3.63, 3.8) is 0 Å². The number of aliphatic hydroxyl groups excluding tert-OH is 3. The zero-order valence-corrected chi connectivity index (χ0v) is 12.7. The van der Waals surface area contributed by atoms with Gasteiger partial charge in [0, 0.05) is 6.20 Å². The predicted octanol–water partition coefficient (Wildman–Crippen LogP) is 1.48. The Morgan fingerprint density at radius 1 is 0.950 bits per heavy atom. The lowest BCUT2D eigenvalue weighted by atomic mass is 10.00. The lowest BCUT2D eigenvalue weighted by Gasteiger charge is -2.20. The van der Waals surface area contributed by atoms with Gasteiger partial charge in [0.25, 0.3) is 0 Å². The van der Waals surface area contributed by atoms with E-state index in [4.69, 9.17) is 0 Å². The summed E-state index contributed by atoms with van der Waals surface area (Å²) >= 11 is 0. The second-order valence-corrected chi connectivity index (χ2v) is 5.96. The molecular weight excluding hydrogens is 256 g/mol. The van der Waals surface area contributed by atoms with Crippen molar-refractivity contribution in [1.29, 1.82) is 0 Å². The SMILES string of the molecule is CC(C)[C@H](O)CCc1cnc([C@H](O)[C@@H](O)C(C)C)cn1. The zero-order chi connectivity index (χ0) is 15.3. The summed E-state index contributed by atoms with van der Waals surface area (Å²) in [5.74, 6) is 0.179. The van der Waals surface area contributed by atoms with Gasteiger partial charge in [-0.3, -0.25) is 9.97 Å². The second kappa shape index (κ2) is 7.67. The van der Waals surface area contributed by atoms with Crippen LogP contribution < -0.4 is 0 Å². The molecule has 1 heterocycles. The molecule has 0 amide bonds. The average Bonchev–Trinajstić information content (AvgIpc) is 2.43. The molecule has 1 rings (SSSR count). The van der Waals surface area contributed by atoms with E-state index in [9.17, 15) is 15.3 Å². The van der Waals surface area contributed by atoms with Crippen molar-refractivity contribution in [1.82, 2.24) is 9.97 Å². The van der Waals surface area contributed by atoms with Crippen molar-refractivity contribution in [2.24, 2.45) is 11.8 Å². The summed E-state index contributed by atoms with van der Waals surface area (Å²) < 4.78 is 0. The summed E-state index contributed by atoms with van der Waals surface area (Å²) in [6.07, 6.45) is 2.17. The quantitative estimate of drug-likeness (QED) is 0.705. The number of hydrogen-bond acceptors (Lipinski definition) is 5. The van der Waals surface area contributed by atoms with Gasteiger partial charge in [0.2, 0.25) is 0 Å². The first-order valence-corrected chi connectivity index (χ1v) is 7.18. The standard InChI is InChI=1S/C15H26N2O3/c1-9(2)13(18)6-5-11-7-17-12(8-16-11)15(20)14(19)10(3)4/h7-10,13-15,18-20H,5-6H2,1-4H3/t13-,14+,15+/m1/s1. The number of aryl methyl sites for hydroxylation is 1. The van der Waals surface area contributed by atoms with Crippen LogP contribution in [0.15, 0.2) is 12.4 Å². The first kappa shape index (κ1) is 17.0. The molecular formula is C15H26N2O3. The zero-order valence-electron chi connectivity index (χ0n) is 12.7. The minimum atomic E-state index is -1.02. The monoisotopic (exact) mass is 282 g/mol. The Kier molecular flexibility index (Phi) is 6.52. The highest BCUT2D eigenvalue weighted by atomic mass is 16.3. The first-order chi connectivity index (χ1) is 9.32. The average molecular weight is 282 g/mol. The molecule has 0 saturated carbocycles. The van der Waals surface area contributed by atoms with Crippen LogP contribution >= 0.6 is 0 Å². The Hall–Kier alpha value is -1.04. The maximum Gasteiger partial charge on any atom is 0.124 e. The highest BCUT2D eigenvalue weighted by Gasteiger charge is 2.22. The highest BCUT2D eigenvalue weighted by Crippen LogP contribution is 2.19. The fraction of sp³-hybridized carbons (Fsp3) is 0.733. The Morgan fingerprint density at radius 3 is 2.05 bits per heavy atom. The van der Waals surface area contributed by atoms with Gasteiger partial charge in [-0.05, 0) is 24.7 Å².